The fourth-order valence-electron chi connectivity index (χ4n) is 4.23. The number of halogens is 1. The highest BCUT2D eigenvalue weighted by molar-refractivity contribution is 6.36. The molecule has 2 heteroatoms. The lowest BCUT2D eigenvalue weighted by Crippen LogP contribution is -1.85. The minimum absolute atomic E-state index is 0.764. The molecular formula is C28H17ClO. The van der Waals surface area contributed by atoms with Crippen LogP contribution >= 0.6 is 11.6 Å². The second kappa shape index (κ2) is 6.76. The molecular weight excluding hydrogens is 388 g/mol. The van der Waals surface area contributed by atoms with E-state index in [-0.39, 0.29) is 0 Å². The van der Waals surface area contributed by atoms with Crippen LogP contribution in [0.15, 0.2) is 108 Å². The lowest BCUT2D eigenvalue weighted by atomic mass is 9.96. The number of rotatable bonds is 2. The zero-order valence-electron chi connectivity index (χ0n) is 16.1. The van der Waals surface area contributed by atoms with Crippen molar-refractivity contribution in [2.45, 2.75) is 0 Å². The van der Waals surface area contributed by atoms with Crippen molar-refractivity contribution in [3.63, 3.8) is 0 Å². The smallest absolute Gasteiger partial charge is 0.135 e. The monoisotopic (exact) mass is 404 g/mol. The molecule has 0 fully saturated rings. The van der Waals surface area contributed by atoms with Crippen molar-refractivity contribution in [3.8, 4) is 22.3 Å². The van der Waals surface area contributed by atoms with Gasteiger partial charge < -0.3 is 4.42 Å². The molecule has 1 aromatic heterocycles. The van der Waals surface area contributed by atoms with Crippen molar-refractivity contribution in [1.29, 1.82) is 0 Å². The van der Waals surface area contributed by atoms with Gasteiger partial charge in [-0.05, 0) is 46.2 Å². The third-order valence-electron chi connectivity index (χ3n) is 5.75. The average molecular weight is 405 g/mol. The summed E-state index contributed by atoms with van der Waals surface area (Å²) in [7, 11) is 0. The van der Waals surface area contributed by atoms with Crippen molar-refractivity contribution in [1.82, 2.24) is 0 Å². The van der Waals surface area contributed by atoms with E-state index in [9.17, 15) is 0 Å². The predicted molar refractivity (Wildman–Crippen MR) is 127 cm³/mol. The summed E-state index contributed by atoms with van der Waals surface area (Å²) in [5.41, 5.74) is 6.06. The lowest BCUT2D eigenvalue weighted by molar-refractivity contribution is 0.669. The molecule has 6 rings (SSSR count). The Balaban J connectivity index is 1.52. The van der Waals surface area contributed by atoms with E-state index < -0.39 is 0 Å². The molecule has 0 radical (unpaired) electrons. The van der Waals surface area contributed by atoms with Crippen molar-refractivity contribution < 1.29 is 4.42 Å². The molecule has 0 N–H and O–H groups in total. The van der Waals surface area contributed by atoms with Crippen LogP contribution < -0.4 is 0 Å². The van der Waals surface area contributed by atoms with Crippen molar-refractivity contribution in [2.75, 3.05) is 0 Å². The van der Waals surface area contributed by atoms with Crippen molar-refractivity contribution >= 4 is 44.3 Å². The van der Waals surface area contributed by atoms with E-state index in [1.54, 1.807) is 0 Å². The first kappa shape index (κ1) is 17.3. The molecule has 0 aliphatic carbocycles. The summed E-state index contributed by atoms with van der Waals surface area (Å²) in [5, 5.41) is 5.43. The minimum Gasteiger partial charge on any atom is -0.456 e. The number of benzene rings is 5. The molecule has 0 spiro atoms. The first-order chi connectivity index (χ1) is 14.8. The standard InChI is InChI=1S/C28H17ClO/c29-28-22(20-13-12-18-6-1-2-7-19(18)16-20)9-5-10-23(28)21-14-15-27-25(17-21)24-8-3-4-11-26(24)30-27/h1-17H. The third-order valence-corrected chi connectivity index (χ3v) is 6.15. The maximum atomic E-state index is 6.95. The highest BCUT2D eigenvalue weighted by Gasteiger charge is 2.13. The molecule has 0 bridgehead atoms. The summed E-state index contributed by atoms with van der Waals surface area (Å²) in [6.45, 7) is 0. The minimum atomic E-state index is 0.764. The van der Waals surface area contributed by atoms with E-state index in [4.69, 9.17) is 16.0 Å². The van der Waals surface area contributed by atoms with Gasteiger partial charge in [-0.25, -0.2) is 0 Å². The average Bonchev–Trinajstić information content (AvgIpc) is 3.17. The Morgan fingerprint density at radius 3 is 2.03 bits per heavy atom. The Bertz CT molecular complexity index is 1560. The van der Waals surface area contributed by atoms with Gasteiger partial charge in [0, 0.05) is 21.9 Å². The Labute approximate surface area is 179 Å². The van der Waals surface area contributed by atoms with Crippen LogP contribution in [-0.2, 0) is 0 Å². The van der Waals surface area contributed by atoms with Gasteiger partial charge in [0.15, 0.2) is 0 Å². The molecule has 0 amide bonds. The van der Waals surface area contributed by atoms with Crippen molar-refractivity contribution in [3.05, 3.63) is 108 Å². The van der Waals surface area contributed by atoms with Crippen LogP contribution in [0.4, 0.5) is 0 Å². The zero-order valence-corrected chi connectivity index (χ0v) is 16.9. The summed E-state index contributed by atoms with van der Waals surface area (Å²) in [6, 6.07) is 35.5. The number of hydrogen-bond donors (Lipinski definition) is 0. The van der Waals surface area contributed by atoms with E-state index in [0.717, 1.165) is 49.2 Å². The highest BCUT2D eigenvalue weighted by Crippen LogP contribution is 2.39. The van der Waals surface area contributed by atoms with Gasteiger partial charge in [-0.2, -0.15) is 0 Å². The van der Waals surface area contributed by atoms with E-state index in [0.29, 0.717) is 0 Å². The number of para-hydroxylation sites is 1. The van der Waals surface area contributed by atoms with E-state index in [1.807, 2.05) is 24.3 Å². The first-order valence-corrected chi connectivity index (χ1v) is 10.3. The maximum Gasteiger partial charge on any atom is 0.135 e. The molecule has 0 saturated carbocycles. The van der Waals surface area contributed by atoms with Crippen LogP contribution in [0.3, 0.4) is 0 Å². The molecule has 5 aromatic carbocycles. The highest BCUT2D eigenvalue weighted by atomic mass is 35.5. The van der Waals surface area contributed by atoms with Gasteiger partial charge in [-0.15, -0.1) is 0 Å². The first-order valence-electron chi connectivity index (χ1n) is 9.97. The van der Waals surface area contributed by atoms with Crippen LogP contribution in [0.2, 0.25) is 5.02 Å². The second-order valence-corrected chi connectivity index (χ2v) is 7.92. The molecule has 1 heterocycles. The molecule has 0 aliphatic heterocycles. The summed E-state index contributed by atoms with van der Waals surface area (Å²) in [5.74, 6) is 0. The van der Waals surface area contributed by atoms with Gasteiger partial charge in [-0.1, -0.05) is 90.5 Å². The Hall–Kier alpha value is -3.55. The van der Waals surface area contributed by atoms with Gasteiger partial charge in [0.05, 0.1) is 5.02 Å². The Kier molecular flexibility index (Phi) is 3.90. The molecule has 30 heavy (non-hydrogen) atoms. The molecule has 0 saturated heterocycles. The second-order valence-electron chi connectivity index (χ2n) is 7.54. The molecule has 0 atom stereocenters. The number of furan rings is 1. The molecule has 0 unspecified atom stereocenters. The normalized spacial score (nSPS) is 11.5. The van der Waals surface area contributed by atoms with Gasteiger partial charge in [0.25, 0.3) is 0 Å². The summed E-state index contributed by atoms with van der Waals surface area (Å²) < 4.78 is 5.97. The van der Waals surface area contributed by atoms with Crippen LogP contribution in [0.1, 0.15) is 0 Å². The van der Waals surface area contributed by atoms with Gasteiger partial charge in [0.1, 0.15) is 11.2 Å². The molecule has 0 aliphatic rings. The molecule has 142 valence electrons. The van der Waals surface area contributed by atoms with E-state index in [1.165, 1.54) is 10.8 Å². The van der Waals surface area contributed by atoms with Crippen LogP contribution in [0.5, 0.6) is 0 Å². The summed E-state index contributed by atoms with van der Waals surface area (Å²) in [4.78, 5) is 0. The van der Waals surface area contributed by atoms with E-state index >= 15 is 0 Å². The largest absolute Gasteiger partial charge is 0.456 e. The Morgan fingerprint density at radius 2 is 1.17 bits per heavy atom. The molecule has 6 aromatic rings. The van der Waals surface area contributed by atoms with Crippen LogP contribution in [0.25, 0.3) is 55.0 Å². The van der Waals surface area contributed by atoms with Crippen LogP contribution in [-0.4, -0.2) is 0 Å². The fourth-order valence-corrected chi connectivity index (χ4v) is 4.57. The number of fused-ring (bicyclic) bond motifs is 4. The lowest BCUT2D eigenvalue weighted by Gasteiger charge is -2.11. The zero-order chi connectivity index (χ0) is 20.1. The van der Waals surface area contributed by atoms with Gasteiger partial charge in [0.2, 0.25) is 0 Å². The number of hydrogen-bond acceptors (Lipinski definition) is 1. The predicted octanol–water partition coefficient (Wildman–Crippen LogP) is 8.73. The maximum absolute atomic E-state index is 6.95. The molecule has 1 nitrogen and oxygen atoms in total. The van der Waals surface area contributed by atoms with E-state index in [2.05, 4.69) is 78.9 Å². The third kappa shape index (κ3) is 2.71. The Morgan fingerprint density at radius 1 is 0.500 bits per heavy atom. The fraction of sp³-hybridized carbons (Fsp3) is 0. The van der Waals surface area contributed by atoms with Crippen molar-refractivity contribution in [2.24, 2.45) is 0 Å². The SMILES string of the molecule is Clc1c(-c2ccc3ccccc3c2)cccc1-c1ccc2oc3ccccc3c2c1. The summed E-state index contributed by atoms with van der Waals surface area (Å²) in [6.07, 6.45) is 0. The van der Waals surface area contributed by atoms with Crippen LogP contribution in [0, 0.1) is 0 Å². The topological polar surface area (TPSA) is 13.1 Å². The quantitative estimate of drug-likeness (QED) is 0.281. The van der Waals surface area contributed by atoms with Gasteiger partial charge in [-0.3, -0.25) is 0 Å². The summed E-state index contributed by atoms with van der Waals surface area (Å²) >= 11 is 6.95. The van der Waals surface area contributed by atoms with Gasteiger partial charge >= 0.3 is 0 Å².